The first-order valence-corrected chi connectivity index (χ1v) is 17.0. The second-order valence-corrected chi connectivity index (χ2v) is 13.6. The van der Waals surface area contributed by atoms with Crippen molar-refractivity contribution in [1.82, 2.24) is 18.7 Å². The van der Waals surface area contributed by atoms with E-state index in [4.69, 9.17) is 9.05 Å². The molecule has 2 amide bonds. The molecule has 2 atom stereocenters. The first-order chi connectivity index (χ1) is 20.5. The molecule has 4 aromatic carbocycles. The van der Waals surface area contributed by atoms with Crippen molar-refractivity contribution in [3.63, 3.8) is 0 Å². The Labute approximate surface area is 249 Å². The summed E-state index contributed by atoms with van der Waals surface area (Å²) in [6, 6.07) is 23.7. The number of amides is 2. The summed E-state index contributed by atoms with van der Waals surface area (Å²) in [7, 11) is -2.81. The maximum Gasteiger partial charge on any atom is 0.281 e. The molecule has 8 nitrogen and oxygen atoms in total. The normalized spacial score (nSPS) is 18.4. The van der Waals surface area contributed by atoms with Gasteiger partial charge in [0.1, 0.15) is 11.5 Å². The third-order valence-electron chi connectivity index (χ3n) is 7.92. The van der Waals surface area contributed by atoms with Crippen molar-refractivity contribution in [2.75, 3.05) is 39.3 Å². The number of benzene rings is 4. The lowest BCUT2D eigenvalue weighted by molar-refractivity contribution is 0.0776. The average Bonchev–Trinajstić information content (AvgIpc) is 3.02. The highest BCUT2D eigenvalue weighted by atomic mass is 31.2. The van der Waals surface area contributed by atoms with E-state index in [0.29, 0.717) is 35.7 Å². The van der Waals surface area contributed by atoms with Gasteiger partial charge in [-0.05, 0) is 33.7 Å². The van der Waals surface area contributed by atoms with Gasteiger partial charge in [0.05, 0.1) is 11.1 Å². The predicted molar refractivity (Wildman–Crippen MR) is 171 cm³/mol. The Morgan fingerprint density at radius 3 is 1.33 bits per heavy atom. The van der Waals surface area contributed by atoms with Crippen LogP contribution in [0.25, 0.3) is 21.5 Å². The molecule has 4 aromatic rings. The Kier molecular flexibility index (Phi) is 8.33. The monoisotopic (exact) mass is 602 g/mol. The number of nitrogens with zero attached hydrogens (tertiary/aromatic N) is 4. The summed E-state index contributed by atoms with van der Waals surface area (Å²) in [6.07, 6.45) is 0. The number of fused-ring (bicyclic) bond motifs is 6. The largest absolute Gasteiger partial charge is 0.440 e. The summed E-state index contributed by atoms with van der Waals surface area (Å²) in [6.45, 7) is 12.0. The molecule has 2 aliphatic rings. The number of carbonyl (C=O) groups excluding carboxylic acids is 2. The van der Waals surface area contributed by atoms with E-state index in [2.05, 4.69) is 37.0 Å². The van der Waals surface area contributed by atoms with Crippen LogP contribution in [0.3, 0.4) is 0 Å². The van der Waals surface area contributed by atoms with Gasteiger partial charge in [-0.1, -0.05) is 88.4 Å². The topological polar surface area (TPSA) is 65.6 Å². The summed E-state index contributed by atoms with van der Waals surface area (Å²) < 4.78 is 21.3. The van der Waals surface area contributed by atoms with Crippen molar-refractivity contribution < 1.29 is 18.6 Å². The predicted octanol–water partition coefficient (Wildman–Crippen LogP) is 7.50. The minimum atomic E-state index is -1.41. The number of hydrogen-bond acceptors (Lipinski definition) is 6. The van der Waals surface area contributed by atoms with Crippen molar-refractivity contribution in [2.45, 2.75) is 27.7 Å². The number of rotatable bonds is 9. The Balaban J connectivity index is 1.39. The molecular weight excluding hydrogens is 566 g/mol. The summed E-state index contributed by atoms with van der Waals surface area (Å²) in [4.78, 5) is 28.7. The second kappa shape index (κ2) is 12.1. The summed E-state index contributed by atoms with van der Waals surface area (Å²) in [5.41, 5.74) is 1.17. The van der Waals surface area contributed by atoms with Gasteiger partial charge in [0.25, 0.3) is 28.7 Å². The fourth-order valence-electron chi connectivity index (χ4n) is 5.70. The van der Waals surface area contributed by atoms with Crippen LogP contribution in [0.2, 0.25) is 0 Å². The zero-order valence-corrected chi connectivity index (χ0v) is 26.3. The highest BCUT2D eigenvalue weighted by molar-refractivity contribution is 7.49. The molecule has 0 bridgehead atoms. The molecule has 0 N–H and O–H groups in total. The first-order valence-electron chi connectivity index (χ1n) is 14.6. The van der Waals surface area contributed by atoms with Crippen molar-refractivity contribution in [2.24, 2.45) is 0 Å². The lowest BCUT2D eigenvalue weighted by Gasteiger charge is -2.43. The minimum absolute atomic E-state index is 0.0607. The maximum absolute atomic E-state index is 14.3. The third kappa shape index (κ3) is 4.91. The van der Waals surface area contributed by atoms with Crippen molar-refractivity contribution in [3.8, 4) is 11.5 Å². The molecule has 42 heavy (non-hydrogen) atoms. The zero-order chi connectivity index (χ0) is 29.4. The molecule has 0 aliphatic carbocycles. The van der Waals surface area contributed by atoms with Crippen LogP contribution in [0.5, 0.6) is 11.5 Å². The van der Waals surface area contributed by atoms with Gasteiger partial charge in [-0.3, -0.25) is 18.9 Å². The highest BCUT2D eigenvalue weighted by Crippen LogP contribution is 2.55. The Bertz CT molecular complexity index is 1520. The van der Waals surface area contributed by atoms with Crippen LogP contribution in [0.1, 0.15) is 48.4 Å². The molecule has 218 valence electrons. The van der Waals surface area contributed by atoms with E-state index in [1.807, 2.05) is 82.1 Å². The highest BCUT2D eigenvalue weighted by Gasteiger charge is 2.43. The van der Waals surface area contributed by atoms with Crippen LogP contribution in [-0.4, -0.2) is 69.8 Å². The second-order valence-electron chi connectivity index (χ2n) is 10.1. The molecule has 2 unspecified atom stereocenters. The Morgan fingerprint density at radius 1 is 0.571 bits per heavy atom. The fraction of sp³-hybridized carbons (Fsp3) is 0.312. The number of hydrogen-bond donors (Lipinski definition) is 0. The van der Waals surface area contributed by atoms with Gasteiger partial charge in [-0.2, -0.15) is 0 Å². The lowest BCUT2D eigenvalue weighted by Crippen LogP contribution is -2.45. The molecule has 0 saturated heterocycles. The molecule has 6 rings (SSSR count). The van der Waals surface area contributed by atoms with E-state index >= 15 is 0 Å². The van der Waals surface area contributed by atoms with Crippen LogP contribution in [0.4, 0.5) is 0 Å². The van der Waals surface area contributed by atoms with E-state index in [1.54, 1.807) is 0 Å². The van der Waals surface area contributed by atoms with Crippen LogP contribution >= 0.6 is 16.9 Å². The molecular formula is C32H36N4O4P2. The average molecular weight is 603 g/mol. The Hall–Kier alpha value is -3.28. The van der Waals surface area contributed by atoms with E-state index < -0.39 is 16.9 Å². The third-order valence-corrected chi connectivity index (χ3v) is 12.3. The SMILES string of the molecule is CCN(CC)P1Oc2ccc3ccccc3c2C(=O)N1CCN1C(=O)c2c(ccc3ccccc23)OP1N(CC)CC. The van der Waals surface area contributed by atoms with Crippen molar-refractivity contribution in [3.05, 3.63) is 83.9 Å². The van der Waals surface area contributed by atoms with Gasteiger partial charge in [0.15, 0.2) is 0 Å². The zero-order valence-electron chi connectivity index (χ0n) is 24.5. The van der Waals surface area contributed by atoms with Gasteiger partial charge in [-0.25, -0.2) is 9.34 Å². The summed E-state index contributed by atoms with van der Waals surface area (Å²) >= 11 is 0. The molecule has 2 aliphatic heterocycles. The lowest BCUT2D eigenvalue weighted by atomic mass is 10.0. The van der Waals surface area contributed by atoms with Gasteiger partial charge >= 0.3 is 0 Å². The molecule has 0 saturated carbocycles. The van der Waals surface area contributed by atoms with Gasteiger partial charge in [0, 0.05) is 39.3 Å². The minimum Gasteiger partial charge on any atom is -0.440 e. The molecule has 2 heterocycles. The maximum atomic E-state index is 14.3. The van der Waals surface area contributed by atoms with Gasteiger partial charge in [-0.15, -0.1) is 0 Å². The van der Waals surface area contributed by atoms with Gasteiger partial charge < -0.3 is 9.05 Å². The summed E-state index contributed by atoms with van der Waals surface area (Å²) in [5.74, 6) is 1.12. The van der Waals surface area contributed by atoms with Crippen molar-refractivity contribution >= 4 is 50.3 Å². The fourth-order valence-corrected chi connectivity index (χ4v) is 9.39. The molecule has 10 heteroatoms. The van der Waals surface area contributed by atoms with Crippen LogP contribution in [0, 0.1) is 0 Å². The quantitative estimate of drug-likeness (QED) is 0.185. The Morgan fingerprint density at radius 2 is 0.952 bits per heavy atom. The summed E-state index contributed by atoms with van der Waals surface area (Å²) in [5, 5.41) is 3.75. The van der Waals surface area contributed by atoms with Crippen LogP contribution < -0.4 is 9.05 Å². The van der Waals surface area contributed by atoms with Gasteiger partial charge in [0.2, 0.25) is 0 Å². The van der Waals surface area contributed by atoms with E-state index in [1.165, 1.54) is 0 Å². The standard InChI is InChI=1S/C32H36N4O4P2/c1-5-33(6-2)41-35(31(37)29-25-15-11-9-13-23(25)17-19-27(29)39-41)21-22-36-32(38)30-26-16-12-10-14-24(26)18-20-28(30)40-42(36)34(7-3)8-4/h9-20H,5-8,21-22H2,1-4H3. The van der Waals surface area contributed by atoms with E-state index in [9.17, 15) is 9.59 Å². The number of carbonyl (C=O) groups is 2. The molecule has 0 aromatic heterocycles. The van der Waals surface area contributed by atoms with Crippen molar-refractivity contribution in [1.29, 1.82) is 0 Å². The van der Waals surface area contributed by atoms with E-state index in [-0.39, 0.29) is 11.8 Å². The van der Waals surface area contributed by atoms with Crippen LogP contribution in [-0.2, 0) is 0 Å². The smallest absolute Gasteiger partial charge is 0.281 e. The molecule has 0 spiro atoms. The first kappa shape index (κ1) is 28.8. The molecule has 0 radical (unpaired) electrons. The van der Waals surface area contributed by atoms with Crippen LogP contribution in [0.15, 0.2) is 72.8 Å². The molecule has 0 fully saturated rings. The van der Waals surface area contributed by atoms with E-state index in [0.717, 1.165) is 47.7 Å².